The number of carbonyl (C=O) groups is 1. The van der Waals surface area contributed by atoms with Crippen molar-refractivity contribution in [2.24, 2.45) is 5.73 Å². The number of carboxylic acid groups (broad SMARTS) is 1. The SMILES string of the molecule is CO[SiH](C)OC.N[C@@H](Cc1ccccc1)C(=O)O. The van der Waals surface area contributed by atoms with Crippen molar-refractivity contribution in [1.29, 1.82) is 0 Å². The monoisotopic (exact) mass is 271 g/mol. The Balaban J connectivity index is 0.000000411. The van der Waals surface area contributed by atoms with E-state index < -0.39 is 21.3 Å². The second kappa shape index (κ2) is 9.78. The Kier molecular flexibility index (Phi) is 9.12. The predicted molar refractivity (Wildman–Crippen MR) is 72.8 cm³/mol. The molecule has 0 aliphatic carbocycles. The molecule has 0 spiro atoms. The lowest BCUT2D eigenvalue weighted by Crippen LogP contribution is -2.32. The minimum atomic E-state index is -1.16. The standard InChI is InChI=1S/C9H11NO2.C3H10O2Si/c10-8(9(11)12)6-7-4-2-1-3-5-7;1-4-6(3)5-2/h1-5,8H,6,10H2,(H,11,12);6H,1-3H3/t8-;/m0./s1. The summed E-state index contributed by atoms with van der Waals surface area (Å²) in [5, 5.41) is 8.52. The molecule has 1 rings (SSSR count). The van der Waals surface area contributed by atoms with Gasteiger partial charge in [0, 0.05) is 14.2 Å². The fourth-order valence-electron chi connectivity index (χ4n) is 1.05. The number of hydrogen-bond donors (Lipinski definition) is 2. The smallest absolute Gasteiger partial charge is 0.320 e. The van der Waals surface area contributed by atoms with Crippen LogP contribution in [0.15, 0.2) is 30.3 Å². The summed E-state index contributed by atoms with van der Waals surface area (Å²) in [6, 6.07) is 8.54. The average Bonchev–Trinajstić information content (AvgIpc) is 2.39. The van der Waals surface area contributed by atoms with Gasteiger partial charge >= 0.3 is 15.3 Å². The van der Waals surface area contributed by atoms with Gasteiger partial charge in [0.25, 0.3) is 0 Å². The van der Waals surface area contributed by atoms with Crippen molar-refractivity contribution in [2.75, 3.05) is 14.2 Å². The van der Waals surface area contributed by atoms with Gasteiger partial charge in [-0.1, -0.05) is 30.3 Å². The maximum absolute atomic E-state index is 10.4. The Labute approximate surface area is 109 Å². The quantitative estimate of drug-likeness (QED) is 0.773. The van der Waals surface area contributed by atoms with E-state index in [1.54, 1.807) is 14.2 Å². The molecule has 0 aliphatic heterocycles. The Morgan fingerprint density at radius 2 is 1.83 bits per heavy atom. The zero-order valence-corrected chi connectivity index (χ0v) is 12.2. The van der Waals surface area contributed by atoms with Crippen molar-refractivity contribution < 1.29 is 18.8 Å². The summed E-state index contributed by atoms with van der Waals surface area (Å²) in [4.78, 5) is 10.4. The fraction of sp³-hybridized carbons (Fsp3) is 0.417. The molecule has 0 fully saturated rings. The van der Waals surface area contributed by atoms with Crippen LogP contribution in [-0.4, -0.2) is 40.6 Å². The number of hydrogen-bond acceptors (Lipinski definition) is 4. The first kappa shape index (κ1) is 16.8. The van der Waals surface area contributed by atoms with Gasteiger partial charge in [-0.2, -0.15) is 0 Å². The van der Waals surface area contributed by atoms with Gasteiger partial charge in [-0.3, -0.25) is 4.79 Å². The highest BCUT2D eigenvalue weighted by molar-refractivity contribution is 6.42. The molecule has 0 bridgehead atoms. The summed E-state index contributed by atoms with van der Waals surface area (Å²) >= 11 is 0. The highest BCUT2D eigenvalue weighted by Gasteiger charge is 2.10. The first-order chi connectivity index (χ1) is 8.51. The van der Waals surface area contributed by atoms with Gasteiger partial charge in [0.2, 0.25) is 0 Å². The van der Waals surface area contributed by atoms with E-state index in [9.17, 15) is 4.79 Å². The predicted octanol–water partition coefficient (Wildman–Crippen LogP) is 0.770. The van der Waals surface area contributed by atoms with E-state index in [-0.39, 0.29) is 0 Å². The Morgan fingerprint density at radius 1 is 1.33 bits per heavy atom. The number of benzene rings is 1. The van der Waals surface area contributed by atoms with Crippen LogP contribution in [0.5, 0.6) is 0 Å². The van der Waals surface area contributed by atoms with E-state index in [0.717, 1.165) is 5.56 Å². The highest BCUT2D eigenvalue weighted by atomic mass is 28.3. The van der Waals surface area contributed by atoms with Gasteiger partial charge < -0.3 is 19.7 Å². The van der Waals surface area contributed by atoms with Crippen molar-refractivity contribution in [3.8, 4) is 0 Å². The van der Waals surface area contributed by atoms with Crippen LogP contribution in [0.25, 0.3) is 0 Å². The van der Waals surface area contributed by atoms with Crippen molar-refractivity contribution in [2.45, 2.75) is 19.0 Å². The van der Waals surface area contributed by atoms with Crippen LogP contribution in [0.2, 0.25) is 6.55 Å². The summed E-state index contributed by atoms with van der Waals surface area (Å²) in [5.74, 6) is -0.959. The second-order valence-corrected chi connectivity index (χ2v) is 5.75. The van der Waals surface area contributed by atoms with Crippen LogP contribution in [-0.2, 0) is 20.1 Å². The Bertz CT molecular complexity index is 330. The van der Waals surface area contributed by atoms with E-state index in [4.69, 9.17) is 19.7 Å². The van der Waals surface area contributed by atoms with E-state index in [1.807, 2.05) is 36.9 Å². The third kappa shape index (κ3) is 7.96. The second-order valence-electron chi connectivity index (χ2n) is 3.67. The van der Waals surface area contributed by atoms with Crippen LogP contribution in [0.4, 0.5) is 0 Å². The number of aliphatic carboxylic acids is 1. The van der Waals surface area contributed by atoms with Crippen LogP contribution >= 0.6 is 0 Å². The molecule has 0 aromatic heterocycles. The molecule has 0 saturated heterocycles. The van der Waals surface area contributed by atoms with Gasteiger partial charge in [0.05, 0.1) is 0 Å². The van der Waals surface area contributed by atoms with Crippen molar-refractivity contribution in [1.82, 2.24) is 0 Å². The normalized spacial score (nSPS) is 11.6. The minimum absolute atomic E-state index is 0.385. The largest absolute Gasteiger partial charge is 0.480 e. The first-order valence-electron chi connectivity index (χ1n) is 5.59. The maximum Gasteiger partial charge on any atom is 0.320 e. The molecule has 0 unspecified atom stereocenters. The minimum Gasteiger partial charge on any atom is -0.480 e. The average molecular weight is 271 g/mol. The molecule has 102 valence electrons. The molecule has 1 aromatic rings. The summed E-state index contributed by atoms with van der Waals surface area (Å²) in [5.41, 5.74) is 6.30. The summed E-state index contributed by atoms with van der Waals surface area (Å²) < 4.78 is 9.63. The Morgan fingerprint density at radius 3 is 2.17 bits per heavy atom. The van der Waals surface area contributed by atoms with E-state index >= 15 is 0 Å². The lowest BCUT2D eigenvalue weighted by molar-refractivity contribution is -0.138. The van der Waals surface area contributed by atoms with Crippen LogP contribution in [0.3, 0.4) is 0 Å². The molecule has 1 aromatic carbocycles. The van der Waals surface area contributed by atoms with Gasteiger partial charge in [-0.25, -0.2) is 0 Å². The van der Waals surface area contributed by atoms with Gasteiger partial charge in [-0.15, -0.1) is 0 Å². The summed E-state index contributed by atoms with van der Waals surface area (Å²) in [6.07, 6.45) is 0.385. The molecule has 0 amide bonds. The summed E-state index contributed by atoms with van der Waals surface area (Å²) in [6.45, 7) is 1.97. The Hall–Kier alpha value is -1.21. The molecule has 0 radical (unpaired) electrons. The lowest BCUT2D eigenvalue weighted by Gasteiger charge is -2.04. The fourth-order valence-corrected chi connectivity index (χ4v) is 1.24. The lowest BCUT2D eigenvalue weighted by atomic mass is 10.1. The molecule has 5 nitrogen and oxygen atoms in total. The van der Waals surface area contributed by atoms with Gasteiger partial charge in [0.15, 0.2) is 0 Å². The molecule has 18 heavy (non-hydrogen) atoms. The molecule has 0 aliphatic rings. The van der Waals surface area contributed by atoms with Crippen molar-refractivity contribution in [3.05, 3.63) is 35.9 Å². The zero-order chi connectivity index (χ0) is 14.0. The molecule has 0 saturated carbocycles. The van der Waals surface area contributed by atoms with Crippen molar-refractivity contribution >= 4 is 15.3 Å². The zero-order valence-electron chi connectivity index (χ0n) is 11.0. The van der Waals surface area contributed by atoms with Gasteiger partial charge in [0.1, 0.15) is 6.04 Å². The maximum atomic E-state index is 10.4. The molecule has 1 atom stereocenters. The van der Waals surface area contributed by atoms with Crippen LogP contribution < -0.4 is 5.73 Å². The molecule has 6 heteroatoms. The molecular formula is C12H21NO4Si. The molecule has 3 N–H and O–H groups in total. The van der Waals surface area contributed by atoms with E-state index in [2.05, 4.69) is 0 Å². The third-order valence-electron chi connectivity index (χ3n) is 2.28. The molecular weight excluding hydrogens is 250 g/mol. The third-order valence-corrected chi connectivity index (χ3v) is 3.61. The topological polar surface area (TPSA) is 81.8 Å². The van der Waals surface area contributed by atoms with Crippen LogP contribution in [0.1, 0.15) is 5.56 Å². The van der Waals surface area contributed by atoms with Gasteiger partial charge in [-0.05, 0) is 18.5 Å². The van der Waals surface area contributed by atoms with Crippen LogP contribution in [0, 0.1) is 0 Å². The molecule has 0 heterocycles. The number of rotatable bonds is 5. The summed E-state index contributed by atoms with van der Waals surface area (Å²) in [7, 11) is 2.17. The number of carboxylic acids is 1. The van der Waals surface area contributed by atoms with E-state index in [0.29, 0.717) is 6.42 Å². The van der Waals surface area contributed by atoms with Crippen molar-refractivity contribution in [3.63, 3.8) is 0 Å². The number of nitrogens with two attached hydrogens (primary N) is 1. The first-order valence-corrected chi connectivity index (χ1v) is 7.68. The highest BCUT2D eigenvalue weighted by Crippen LogP contribution is 2.01. The van der Waals surface area contributed by atoms with E-state index in [1.165, 1.54) is 0 Å².